The SMILES string of the molecule is CC/C=C\C/C=C\C/C=C\CCCCCCCC(=O)O[C@@H](COC(=O)CCCCCCCCC/C=C\CCCCCCCCCC)COC(=O)CCCCCCCCCCCCCCC. The third kappa shape index (κ3) is 52.2. The van der Waals surface area contributed by atoms with Crippen molar-refractivity contribution in [2.75, 3.05) is 13.2 Å². The van der Waals surface area contributed by atoms with Crippen LogP contribution >= 0.6 is 0 Å². The lowest BCUT2D eigenvalue weighted by Gasteiger charge is -2.18. The number of allylic oxidation sites excluding steroid dienone is 8. The van der Waals surface area contributed by atoms with Crippen LogP contribution in [0.15, 0.2) is 48.6 Å². The summed E-state index contributed by atoms with van der Waals surface area (Å²) in [4.78, 5) is 38.1. The van der Waals surface area contributed by atoms with Crippen molar-refractivity contribution in [1.82, 2.24) is 0 Å². The molecule has 6 nitrogen and oxygen atoms in total. The zero-order chi connectivity index (χ0) is 47.2. The van der Waals surface area contributed by atoms with E-state index in [4.69, 9.17) is 14.2 Å². The van der Waals surface area contributed by atoms with E-state index in [1.165, 1.54) is 154 Å². The second kappa shape index (κ2) is 54.0. The summed E-state index contributed by atoms with van der Waals surface area (Å²) in [7, 11) is 0. The second-order valence-electron chi connectivity index (χ2n) is 18.8. The van der Waals surface area contributed by atoms with Crippen molar-refractivity contribution in [3.63, 3.8) is 0 Å². The average molecular weight is 911 g/mol. The Morgan fingerprint density at radius 1 is 0.323 bits per heavy atom. The Kier molecular flexibility index (Phi) is 51.8. The van der Waals surface area contributed by atoms with E-state index < -0.39 is 6.10 Å². The van der Waals surface area contributed by atoms with Crippen molar-refractivity contribution in [3.05, 3.63) is 48.6 Å². The molecular formula is C59H106O6. The van der Waals surface area contributed by atoms with Crippen LogP contribution in [0.25, 0.3) is 0 Å². The molecule has 0 aromatic rings. The molecule has 0 spiro atoms. The highest BCUT2D eigenvalue weighted by Crippen LogP contribution is 2.16. The Morgan fingerprint density at radius 2 is 0.600 bits per heavy atom. The predicted molar refractivity (Wildman–Crippen MR) is 279 cm³/mol. The summed E-state index contributed by atoms with van der Waals surface area (Å²) < 4.78 is 16.8. The van der Waals surface area contributed by atoms with Gasteiger partial charge in [0.1, 0.15) is 13.2 Å². The van der Waals surface area contributed by atoms with Crippen LogP contribution in [0.3, 0.4) is 0 Å². The van der Waals surface area contributed by atoms with Gasteiger partial charge in [0.05, 0.1) is 0 Å². The molecule has 0 bridgehead atoms. The number of carbonyl (C=O) groups is 3. The molecule has 0 aliphatic rings. The molecule has 0 aliphatic carbocycles. The Bertz CT molecular complexity index is 1140. The molecule has 0 aromatic heterocycles. The van der Waals surface area contributed by atoms with E-state index in [2.05, 4.69) is 69.4 Å². The van der Waals surface area contributed by atoms with Crippen LogP contribution in [0, 0.1) is 0 Å². The Balaban J connectivity index is 4.35. The number of hydrogen-bond acceptors (Lipinski definition) is 6. The van der Waals surface area contributed by atoms with Crippen LogP contribution in [0.5, 0.6) is 0 Å². The van der Waals surface area contributed by atoms with Gasteiger partial charge in [-0.1, -0.05) is 243 Å². The minimum absolute atomic E-state index is 0.0788. The quantitative estimate of drug-likeness (QED) is 0.0262. The number of unbranched alkanes of at least 4 members (excludes halogenated alkanes) is 32. The van der Waals surface area contributed by atoms with Gasteiger partial charge in [-0.15, -0.1) is 0 Å². The van der Waals surface area contributed by atoms with E-state index in [0.29, 0.717) is 19.3 Å². The van der Waals surface area contributed by atoms with Gasteiger partial charge in [-0.2, -0.15) is 0 Å². The first-order valence-electron chi connectivity index (χ1n) is 28.1. The van der Waals surface area contributed by atoms with Gasteiger partial charge in [0.2, 0.25) is 0 Å². The third-order valence-corrected chi connectivity index (χ3v) is 12.3. The molecule has 0 saturated heterocycles. The highest BCUT2D eigenvalue weighted by Gasteiger charge is 2.19. The minimum atomic E-state index is -0.781. The molecule has 0 unspecified atom stereocenters. The van der Waals surface area contributed by atoms with Gasteiger partial charge in [0, 0.05) is 19.3 Å². The normalized spacial score (nSPS) is 12.4. The van der Waals surface area contributed by atoms with Crippen LogP contribution in [0.2, 0.25) is 0 Å². The lowest BCUT2D eigenvalue weighted by Crippen LogP contribution is -2.30. The largest absolute Gasteiger partial charge is 0.462 e. The molecule has 0 radical (unpaired) electrons. The molecule has 0 aromatic carbocycles. The van der Waals surface area contributed by atoms with E-state index >= 15 is 0 Å². The van der Waals surface area contributed by atoms with E-state index in [9.17, 15) is 14.4 Å². The van der Waals surface area contributed by atoms with Crippen molar-refractivity contribution in [3.8, 4) is 0 Å². The van der Waals surface area contributed by atoms with Crippen LogP contribution < -0.4 is 0 Å². The maximum atomic E-state index is 12.8. The monoisotopic (exact) mass is 911 g/mol. The fourth-order valence-corrected chi connectivity index (χ4v) is 8.10. The lowest BCUT2D eigenvalue weighted by molar-refractivity contribution is -0.167. The zero-order valence-corrected chi connectivity index (χ0v) is 43.3. The predicted octanol–water partition coefficient (Wildman–Crippen LogP) is 18.7. The van der Waals surface area contributed by atoms with E-state index in [-0.39, 0.29) is 31.1 Å². The van der Waals surface area contributed by atoms with Gasteiger partial charge in [-0.05, 0) is 77.0 Å². The van der Waals surface area contributed by atoms with Crippen molar-refractivity contribution in [2.24, 2.45) is 0 Å². The first-order valence-corrected chi connectivity index (χ1v) is 28.1. The molecule has 0 rings (SSSR count). The van der Waals surface area contributed by atoms with Gasteiger partial charge in [-0.3, -0.25) is 14.4 Å². The number of rotatable bonds is 51. The molecule has 65 heavy (non-hydrogen) atoms. The molecule has 6 heteroatoms. The third-order valence-electron chi connectivity index (χ3n) is 12.3. The average Bonchev–Trinajstić information content (AvgIpc) is 3.30. The van der Waals surface area contributed by atoms with Crippen molar-refractivity contribution >= 4 is 17.9 Å². The number of carbonyl (C=O) groups excluding carboxylic acids is 3. The smallest absolute Gasteiger partial charge is 0.306 e. The highest BCUT2D eigenvalue weighted by molar-refractivity contribution is 5.71. The summed E-state index contributed by atoms with van der Waals surface area (Å²) in [6.07, 6.45) is 65.3. The van der Waals surface area contributed by atoms with Crippen molar-refractivity contribution in [2.45, 2.75) is 297 Å². The van der Waals surface area contributed by atoms with Gasteiger partial charge in [0.25, 0.3) is 0 Å². The molecule has 0 N–H and O–H groups in total. The lowest BCUT2D eigenvalue weighted by atomic mass is 10.0. The molecule has 0 amide bonds. The van der Waals surface area contributed by atoms with Gasteiger partial charge in [0.15, 0.2) is 6.10 Å². The Labute approximate surface area is 403 Å². The van der Waals surface area contributed by atoms with Gasteiger partial charge in [-0.25, -0.2) is 0 Å². The number of ether oxygens (including phenoxy) is 3. The van der Waals surface area contributed by atoms with Crippen LogP contribution in [0.1, 0.15) is 290 Å². The zero-order valence-electron chi connectivity index (χ0n) is 43.3. The second-order valence-corrected chi connectivity index (χ2v) is 18.8. The van der Waals surface area contributed by atoms with E-state index in [1.807, 2.05) is 0 Å². The summed E-state index contributed by atoms with van der Waals surface area (Å²) in [5, 5.41) is 0. The Hall–Kier alpha value is -2.63. The fraction of sp³-hybridized carbons (Fsp3) is 0.814. The first kappa shape index (κ1) is 62.4. The van der Waals surface area contributed by atoms with Crippen LogP contribution in [-0.2, 0) is 28.6 Å². The summed E-state index contributed by atoms with van der Waals surface area (Å²) in [6, 6.07) is 0. The minimum Gasteiger partial charge on any atom is -0.462 e. The maximum Gasteiger partial charge on any atom is 0.306 e. The summed E-state index contributed by atoms with van der Waals surface area (Å²) >= 11 is 0. The van der Waals surface area contributed by atoms with Crippen LogP contribution in [-0.4, -0.2) is 37.2 Å². The fourth-order valence-electron chi connectivity index (χ4n) is 8.10. The van der Waals surface area contributed by atoms with E-state index in [0.717, 1.165) is 96.3 Å². The van der Waals surface area contributed by atoms with Gasteiger partial charge < -0.3 is 14.2 Å². The molecular weight excluding hydrogens is 805 g/mol. The molecule has 0 aliphatic heterocycles. The maximum absolute atomic E-state index is 12.8. The Morgan fingerprint density at radius 3 is 0.954 bits per heavy atom. The van der Waals surface area contributed by atoms with Crippen LogP contribution in [0.4, 0.5) is 0 Å². The number of esters is 3. The number of hydrogen-bond donors (Lipinski definition) is 0. The van der Waals surface area contributed by atoms with Crippen molar-refractivity contribution in [1.29, 1.82) is 0 Å². The molecule has 1 atom stereocenters. The molecule has 0 saturated carbocycles. The van der Waals surface area contributed by atoms with Gasteiger partial charge >= 0.3 is 17.9 Å². The summed E-state index contributed by atoms with van der Waals surface area (Å²) in [5.74, 6) is -0.888. The summed E-state index contributed by atoms with van der Waals surface area (Å²) in [5.41, 5.74) is 0. The first-order chi connectivity index (χ1) is 32.0. The molecule has 378 valence electrons. The van der Waals surface area contributed by atoms with E-state index in [1.54, 1.807) is 0 Å². The molecule has 0 heterocycles. The highest BCUT2D eigenvalue weighted by atomic mass is 16.6. The van der Waals surface area contributed by atoms with Crippen molar-refractivity contribution < 1.29 is 28.6 Å². The topological polar surface area (TPSA) is 78.9 Å². The summed E-state index contributed by atoms with van der Waals surface area (Å²) in [6.45, 7) is 6.54. The molecule has 0 fully saturated rings. The standard InChI is InChI=1S/C59H106O6/c1-4-7-10-13-16-19-22-25-27-28-29-30-32-34-37-40-43-46-49-52-58(61)64-55-56(54-63-57(60)51-48-45-42-39-36-33-24-21-18-15-12-9-6-3)65-59(62)53-50-47-44-41-38-35-31-26-23-20-17-14-11-8-5-2/h8,11,17,20,26,28-29,31,56H,4-7,9-10,12-16,18-19,21-25,27,30,32-55H2,1-3H3/b11-8-,20-17-,29-28-,31-26-/t56-/m1/s1.